The molecule has 0 N–H and O–H groups in total. The minimum Gasteiger partial charge on any atom is -0.493 e. The lowest BCUT2D eigenvalue weighted by molar-refractivity contribution is -0.123. The Morgan fingerprint density at radius 2 is 1.77 bits per heavy atom. The van der Waals surface area contributed by atoms with E-state index in [1.165, 1.54) is 16.3 Å². The minimum atomic E-state index is -0.150. The maximum absolute atomic E-state index is 13.3. The molecule has 2 aliphatic rings. The summed E-state index contributed by atoms with van der Waals surface area (Å²) < 4.78 is 11.9. The number of thiazole rings is 1. The third-order valence-corrected chi connectivity index (χ3v) is 6.67. The van der Waals surface area contributed by atoms with Gasteiger partial charge in [-0.3, -0.25) is 4.79 Å². The summed E-state index contributed by atoms with van der Waals surface area (Å²) in [5.41, 5.74) is 2.68. The maximum Gasteiger partial charge on any atom is 0.253 e. The van der Waals surface area contributed by atoms with E-state index in [9.17, 15) is 4.79 Å². The summed E-state index contributed by atoms with van der Waals surface area (Å²) in [6, 6.07) is 13.7. The maximum atomic E-state index is 13.3. The first-order chi connectivity index (χ1) is 14.7. The molecule has 0 saturated carbocycles. The van der Waals surface area contributed by atoms with Crippen LogP contribution in [-0.2, 0) is 4.79 Å². The number of ether oxygens (including phenoxy) is 2. The zero-order valence-electron chi connectivity index (χ0n) is 16.7. The van der Waals surface area contributed by atoms with E-state index in [4.69, 9.17) is 14.6 Å². The summed E-state index contributed by atoms with van der Waals surface area (Å²) >= 11 is 1.48. The van der Waals surface area contributed by atoms with Crippen LogP contribution in [-0.4, -0.2) is 30.8 Å². The lowest BCUT2D eigenvalue weighted by atomic mass is 9.76. The first-order valence-electron chi connectivity index (χ1n) is 9.85. The van der Waals surface area contributed by atoms with E-state index in [0.717, 1.165) is 27.9 Å². The molecule has 0 fully saturated rings. The molecule has 7 heteroatoms. The molecule has 5 rings (SSSR count). The fraction of sp³-hybridized carbons (Fsp3) is 0.261. The summed E-state index contributed by atoms with van der Waals surface area (Å²) in [4.78, 5) is 18.0. The predicted octanol–water partition coefficient (Wildman–Crippen LogP) is 4.65. The normalized spacial score (nSPS) is 20.8. The molecular weight excluding hydrogens is 398 g/mol. The molecular formula is C23H21N3O3S. The Balaban J connectivity index is 1.64. The van der Waals surface area contributed by atoms with Gasteiger partial charge in [0.1, 0.15) is 0 Å². The van der Waals surface area contributed by atoms with E-state index < -0.39 is 0 Å². The summed E-state index contributed by atoms with van der Waals surface area (Å²) in [7, 11) is 3.23. The van der Waals surface area contributed by atoms with Crippen LogP contribution in [0.3, 0.4) is 0 Å². The van der Waals surface area contributed by atoms with Crippen molar-refractivity contribution in [3.63, 3.8) is 0 Å². The van der Waals surface area contributed by atoms with Gasteiger partial charge in [-0.25, -0.2) is 4.98 Å². The highest BCUT2D eigenvalue weighted by Crippen LogP contribution is 2.39. The molecule has 0 saturated heterocycles. The molecule has 0 radical (unpaired) electrons. The van der Waals surface area contributed by atoms with E-state index in [2.05, 4.69) is 17.1 Å². The highest BCUT2D eigenvalue weighted by Gasteiger charge is 2.41. The number of nitrogens with zero attached hydrogens (tertiary/aromatic N) is 3. The second-order valence-corrected chi connectivity index (χ2v) is 8.33. The van der Waals surface area contributed by atoms with Gasteiger partial charge in [-0.05, 0) is 43.2 Å². The van der Waals surface area contributed by atoms with Crippen molar-refractivity contribution in [3.05, 3.63) is 60.2 Å². The number of hydrogen-bond acceptors (Lipinski definition) is 6. The van der Waals surface area contributed by atoms with Crippen LogP contribution in [0.25, 0.3) is 10.2 Å². The molecule has 6 nitrogen and oxygen atoms in total. The van der Waals surface area contributed by atoms with Gasteiger partial charge in [-0.2, -0.15) is 10.1 Å². The first-order valence-corrected chi connectivity index (χ1v) is 10.7. The van der Waals surface area contributed by atoms with Gasteiger partial charge in [0, 0.05) is 11.5 Å². The molecule has 1 aliphatic heterocycles. The molecule has 3 aromatic rings. The third kappa shape index (κ3) is 3.06. The van der Waals surface area contributed by atoms with Crippen LogP contribution in [0.2, 0.25) is 0 Å². The largest absolute Gasteiger partial charge is 0.493 e. The number of hydrazone groups is 1. The van der Waals surface area contributed by atoms with E-state index in [1.807, 2.05) is 42.5 Å². The Labute approximate surface area is 178 Å². The fourth-order valence-electron chi connectivity index (χ4n) is 4.13. The number of anilines is 1. The Morgan fingerprint density at radius 3 is 2.53 bits per heavy atom. The quantitative estimate of drug-likeness (QED) is 0.578. The van der Waals surface area contributed by atoms with Gasteiger partial charge in [-0.1, -0.05) is 35.6 Å². The Morgan fingerprint density at radius 1 is 1.00 bits per heavy atom. The van der Waals surface area contributed by atoms with Crippen molar-refractivity contribution in [2.24, 2.45) is 16.9 Å². The number of carbonyl (C=O) groups excluding carboxylic acids is 1. The molecule has 1 aliphatic carbocycles. The average molecular weight is 420 g/mol. The van der Waals surface area contributed by atoms with Crippen molar-refractivity contribution in [1.29, 1.82) is 0 Å². The third-order valence-electron chi connectivity index (χ3n) is 5.66. The molecule has 30 heavy (non-hydrogen) atoms. The van der Waals surface area contributed by atoms with E-state index >= 15 is 0 Å². The Bertz CT molecular complexity index is 1150. The number of benzene rings is 2. The molecule has 152 valence electrons. The zero-order chi connectivity index (χ0) is 20.7. The van der Waals surface area contributed by atoms with Gasteiger partial charge in [0.15, 0.2) is 11.5 Å². The summed E-state index contributed by atoms with van der Waals surface area (Å²) in [5.74, 6) is 1.20. The molecule has 1 aromatic heterocycles. The van der Waals surface area contributed by atoms with Crippen molar-refractivity contribution in [2.45, 2.75) is 12.8 Å². The number of allylic oxidation sites excluding steroid dienone is 2. The molecule has 2 heterocycles. The van der Waals surface area contributed by atoms with E-state index in [1.54, 1.807) is 14.2 Å². The molecule has 0 spiro atoms. The van der Waals surface area contributed by atoms with Crippen LogP contribution in [0.15, 0.2) is 59.7 Å². The van der Waals surface area contributed by atoms with Crippen LogP contribution >= 0.6 is 11.3 Å². The van der Waals surface area contributed by atoms with Crippen molar-refractivity contribution >= 4 is 38.3 Å². The molecule has 0 unspecified atom stereocenters. The highest BCUT2D eigenvalue weighted by molar-refractivity contribution is 7.22. The number of amides is 1. The second kappa shape index (κ2) is 7.57. The average Bonchev–Trinajstić information content (AvgIpc) is 3.23. The first kappa shape index (κ1) is 18.8. The number of carbonyl (C=O) groups is 1. The lowest BCUT2D eigenvalue weighted by Crippen LogP contribution is -2.45. The summed E-state index contributed by atoms with van der Waals surface area (Å²) in [6.45, 7) is 0. The number of aromatic nitrogens is 1. The van der Waals surface area contributed by atoms with Gasteiger partial charge in [0.2, 0.25) is 5.13 Å². The van der Waals surface area contributed by atoms with Crippen LogP contribution < -0.4 is 14.5 Å². The van der Waals surface area contributed by atoms with Crippen LogP contribution in [0.5, 0.6) is 11.5 Å². The number of methoxy groups -OCH3 is 2. The van der Waals surface area contributed by atoms with Gasteiger partial charge in [0.25, 0.3) is 5.91 Å². The van der Waals surface area contributed by atoms with Crippen LogP contribution in [0, 0.1) is 11.8 Å². The fourth-order valence-corrected chi connectivity index (χ4v) is 5.06. The van der Waals surface area contributed by atoms with Gasteiger partial charge >= 0.3 is 0 Å². The zero-order valence-corrected chi connectivity index (χ0v) is 17.6. The Kier molecular flexibility index (Phi) is 4.75. The van der Waals surface area contributed by atoms with Gasteiger partial charge < -0.3 is 9.47 Å². The summed E-state index contributed by atoms with van der Waals surface area (Å²) in [6.07, 6.45) is 5.72. The molecule has 0 bridgehead atoms. The van der Waals surface area contributed by atoms with Crippen molar-refractivity contribution in [3.8, 4) is 11.5 Å². The van der Waals surface area contributed by atoms with Crippen molar-refractivity contribution in [2.75, 3.05) is 19.2 Å². The number of hydrogen-bond donors (Lipinski definition) is 0. The standard InChI is InChI=1S/C23H21N3O3S/c1-28-18-12-11-14(13-19(18)29-2)21-15-7-3-4-8-16(15)22(27)26(25-21)23-24-17-9-5-6-10-20(17)30-23/h3-6,9-13,15-16H,7-8H2,1-2H3/t15-,16+/m1/s1. The topological polar surface area (TPSA) is 64.0 Å². The predicted molar refractivity (Wildman–Crippen MR) is 119 cm³/mol. The Hall–Kier alpha value is -3.19. The number of fused-ring (bicyclic) bond motifs is 2. The minimum absolute atomic E-state index is 0.00707. The molecule has 1 amide bonds. The van der Waals surface area contributed by atoms with Crippen LogP contribution in [0.1, 0.15) is 18.4 Å². The van der Waals surface area contributed by atoms with Gasteiger partial charge in [-0.15, -0.1) is 0 Å². The highest BCUT2D eigenvalue weighted by atomic mass is 32.1. The van der Waals surface area contributed by atoms with Crippen molar-refractivity contribution in [1.82, 2.24) is 4.98 Å². The molecule has 2 aromatic carbocycles. The van der Waals surface area contributed by atoms with Crippen molar-refractivity contribution < 1.29 is 14.3 Å². The van der Waals surface area contributed by atoms with E-state index in [0.29, 0.717) is 23.1 Å². The smallest absolute Gasteiger partial charge is 0.253 e. The lowest BCUT2D eigenvalue weighted by Gasteiger charge is -2.35. The molecule has 2 atom stereocenters. The van der Waals surface area contributed by atoms with E-state index in [-0.39, 0.29) is 17.7 Å². The number of para-hydroxylation sites is 1. The van der Waals surface area contributed by atoms with Gasteiger partial charge in [0.05, 0.1) is 36.1 Å². The monoisotopic (exact) mass is 419 g/mol. The van der Waals surface area contributed by atoms with Crippen LogP contribution in [0.4, 0.5) is 5.13 Å². The number of rotatable bonds is 4. The summed E-state index contributed by atoms with van der Waals surface area (Å²) in [5, 5.41) is 6.93. The SMILES string of the molecule is COc1ccc(C2=NN(c3nc4ccccc4s3)C(=O)[C@H]3CC=CC[C@@H]23)cc1OC. The second-order valence-electron chi connectivity index (χ2n) is 7.33.